The number of benzene rings is 1. The van der Waals surface area contributed by atoms with Crippen LogP contribution < -0.4 is 0 Å². The largest absolute Gasteiger partial charge is 0.460 e. The van der Waals surface area contributed by atoms with Gasteiger partial charge in [-0.15, -0.1) is 0 Å². The molecule has 0 atom stereocenters. The van der Waals surface area contributed by atoms with Gasteiger partial charge in [0, 0.05) is 25.0 Å². The average Bonchev–Trinajstić information content (AvgIpc) is 2.88. The van der Waals surface area contributed by atoms with Crippen molar-refractivity contribution in [2.45, 2.75) is 19.2 Å². The van der Waals surface area contributed by atoms with Gasteiger partial charge in [-0.3, -0.25) is 4.90 Å². The summed E-state index contributed by atoms with van der Waals surface area (Å²) in [5.41, 5.74) is 2.34. The number of thioether (sulfide) groups is 1. The standard InChI is InChI=1S/C16H21NO2S/c1-2-20-12-15-10-14-4-3-13(9-16(14)19-15)11-17-5-7-18-8-6-17/h3-4,9-10H,2,5-8,11-12H2,1H3. The van der Waals surface area contributed by atoms with Crippen LogP contribution in [0.25, 0.3) is 11.0 Å². The van der Waals surface area contributed by atoms with E-state index in [2.05, 4.69) is 36.1 Å². The van der Waals surface area contributed by atoms with E-state index in [4.69, 9.17) is 9.15 Å². The van der Waals surface area contributed by atoms with Crippen molar-refractivity contribution in [2.75, 3.05) is 32.1 Å². The van der Waals surface area contributed by atoms with Crippen LogP contribution in [0, 0.1) is 0 Å². The number of hydrogen-bond acceptors (Lipinski definition) is 4. The molecule has 3 nitrogen and oxygen atoms in total. The minimum Gasteiger partial charge on any atom is -0.460 e. The van der Waals surface area contributed by atoms with Crippen LogP contribution in [0.3, 0.4) is 0 Å². The molecule has 0 unspecified atom stereocenters. The van der Waals surface area contributed by atoms with E-state index >= 15 is 0 Å². The molecular formula is C16H21NO2S. The van der Waals surface area contributed by atoms with E-state index in [-0.39, 0.29) is 0 Å². The lowest BCUT2D eigenvalue weighted by Crippen LogP contribution is -2.35. The van der Waals surface area contributed by atoms with Crippen LogP contribution in [0.4, 0.5) is 0 Å². The van der Waals surface area contributed by atoms with Gasteiger partial charge in [-0.1, -0.05) is 19.1 Å². The van der Waals surface area contributed by atoms with E-state index in [1.807, 2.05) is 11.8 Å². The van der Waals surface area contributed by atoms with Crippen molar-refractivity contribution in [2.24, 2.45) is 0 Å². The second-order valence-corrected chi connectivity index (χ2v) is 6.38. The highest BCUT2D eigenvalue weighted by Gasteiger charge is 2.11. The lowest BCUT2D eigenvalue weighted by atomic mass is 10.1. The predicted octanol–water partition coefficient (Wildman–Crippen LogP) is 3.52. The van der Waals surface area contributed by atoms with Gasteiger partial charge < -0.3 is 9.15 Å². The lowest BCUT2D eigenvalue weighted by molar-refractivity contribution is 0.0342. The molecule has 1 aromatic heterocycles. The molecule has 0 saturated carbocycles. The molecule has 0 bridgehead atoms. The summed E-state index contributed by atoms with van der Waals surface area (Å²) in [5, 5.41) is 1.21. The zero-order chi connectivity index (χ0) is 13.8. The average molecular weight is 291 g/mol. The Bertz CT molecular complexity index is 561. The molecule has 0 aliphatic carbocycles. The van der Waals surface area contributed by atoms with Crippen LogP contribution in [-0.2, 0) is 17.0 Å². The van der Waals surface area contributed by atoms with E-state index in [9.17, 15) is 0 Å². The van der Waals surface area contributed by atoms with Crippen LogP contribution in [0.15, 0.2) is 28.7 Å². The van der Waals surface area contributed by atoms with Gasteiger partial charge in [0.25, 0.3) is 0 Å². The van der Waals surface area contributed by atoms with Crippen LogP contribution in [0.2, 0.25) is 0 Å². The van der Waals surface area contributed by atoms with Crippen LogP contribution >= 0.6 is 11.8 Å². The Morgan fingerprint density at radius 1 is 1.20 bits per heavy atom. The number of ether oxygens (including phenoxy) is 1. The first-order valence-electron chi connectivity index (χ1n) is 7.24. The molecule has 0 N–H and O–H groups in total. The summed E-state index contributed by atoms with van der Waals surface area (Å²) in [7, 11) is 0. The van der Waals surface area contributed by atoms with Crippen molar-refractivity contribution in [3.8, 4) is 0 Å². The monoisotopic (exact) mass is 291 g/mol. The Morgan fingerprint density at radius 2 is 2.05 bits per heavy atom. The molecule has 20 heavy (non-hydrogen) atoms. The maximum Gasteiger partial charge on any atom is 0.134 e. The second kappa shape index (κ2) is 6.66. The van der Waals surface area contributed by atoms with Gasteiger partial charge >= 0.3 is 0 Å². The summed E-state index contributed by atoms with van der Waals surface area (Å²) in [6.07, 6.45) is 0. The number of furan rings is 1. The molecular weight excluding hydrogens is 270 g/mol. The quantitative estimate of drug-likeness (QED) is 0.842. The van der Waals surface area contributed by atoms with E-state index in [0.717, 1.165) is 55.7 Å². The number of morpholine rings is 1. The summed E-state index contributed by atoms with van der Waals surface area (Å²) in [6, 6.07) is 8.74. The van der Waals surface area contributed by atoms with Crippen molar-refractivity contribution in [1.29, 1.82) is 0 Å². The van der Waals surface area contributed by atoms with Crippen molar-refractivity contribution in [1.82, 2.24) is 4.90 Å². The number of rotatable bonds is 5. The summed E-state index contributed by atoms with van der Waals surface area (Å²) in [6.45, 7) is 6.90. The van der Waals surface area contributed by atoms with Gasteiger partial charge in [-0.25, -0.2) is 0 Å². The Kier molecular flexibility index (Phi) is 4.65. The van der Waals surface area contributed by atoms with Crippen LogP contribution in [0.1, 0.15) is 18.2 Å². The Balaban J connectivity index is 1.72. The molecule has 1 aromatic carbocycles. The van der Waals surface area contributed by atoms with Gasteiger partial charge in [-0.05, 0) is 23.4 Å². The van der Waals surface area contributed by atoms with E-state index in [0.29, 0.717) is 0 Å². The molecule has 0 spiro atoms. The molecule has 0 amide bonds. The van der Waals surface area contributed by atoms with Gasteiger partial charge in [-0.2, -0.15) is 11.8 Å². The third-order valence-corrected chi connectivity index (χ3v) is 4.49. The number of fused-ring (bicyclic) bond motifs is 1. The molecule has 3 rings (SSSR count). The molecule has 2 aromatic rings. The molecule has 1 aliphatic rings. The van der Waals surface area contributed by atoms with Crippen LogP contribution in [-0.4, -0.2) is 37.0 Å². The van der Waals surface area contributed by atoms with Crippen molar-refractivity contribution in [3.05, 3.63) is 35.6 Å². The third-order valence-electron chi connectivity index (χ3n) is 3.59. The Hall–Kier alpha value is -0.970. The SMILES string of the molecule is CCSCc1cc2ccc(CN3CCOCC3)cc2o1. The maximum atomic E-state index is 5.94. The maximum absolute atomic E-state index is 5.94. The van der Waals surface area contributed by atoms with E-state index < -0.39 is 0 Å². The highest BCUT2D eigenvalue weighted by molar-refractivity contribution is 7.98. The Morgan fingerprint density at radius 3 is 2.85 bits per heavy atom. The van der Waals surface area contributed by atoms with E-state index in [1.165, 1.54) is 10.9 Å². The topological polar surface area (TPSA) is 25.6 Å². The second-order valence-electron chi connectivity index (χ2n) is 5.11. The fourth-order valence-electron chi connectivity index (χ4n) is 2.52. The first-order valence-corrected chi connectivity index (χ1v) is 8.40. The molecule has 4 heteroatoms. The molecule has 1 saturated heterocycles. The zero-order valence-electron chi connectivity index (χ0n) is 11.9. The van der Waals surface area contributed by atoms with Gasteiger partial charge in [0.15, 0.2) is 0 Å². The highest BCUT2D eigenvalue weighted by Crippen LogP contribution is 2.24. The minimum absolute atomic E-state index is 0.849. The fourth-order valence-corrected chi connectivity index (χ4v) is 3.07. The summed E-state index contributed by atoms with van der Waals surface area (Å²) in [4.78, 5) is 2.43. The molecule has 1 aliphatic heterocycles. The van der Waals surface area contributed by atoms with Crippen LogP contribution in [0.5, 0.6) is 0 Å². The minimum atomic E-state index is 0.849. The number of nitrogens with zero attached hydrogens (tertiary/aromatic N) is 1. The predicted molar refractivity (Wildman–Crippen MR) is 84.1 cm³/mol. The normalized spacial score (nSPS) is 16.9. The third kappa shape index (κ3) is 3.37. The smallest absolute Gasteiger partial charge is 0.134 e. The molecule has 108 valence electrons. The zero-order valence-corrected chi connectivity index (χ0v) is 12.7. The fraction of sp³-hybridized carbons (Fsp3) is 0.500. The van der Waals surface area contributed by atoms with Gasteiger partial charge in [0.05, 0.1) is 19.0 Å². The van der Waals surface area contributed by atoms with E-state index in [1.54, 1.807) is 0 Å². The molecule has 1 fully saturated rings. The first kappa shape index (κ1) is 14.0. The summed E-state index contributed by atoms with van der Waals surface area (Å²) < 4.78 is 11.3. The van der Waals surface area contributed by atoms with Crippen molar-refractivity contribution in [3.63, 3.8) is 0 Å². The Labute approximate surface area is 124 Å². The molecule has 0 radical (unpaired) electrons. The van der Waals surface area contributed by atoms with Crippen molar-refractivity contribution < 1.29 is 9.15 Å². The molecule has 2 heterocycles. The lowest BCUT2D eigenvalue weighted by Gasteiger charge is -2.26. The van der Waals surface area contributed by atoms with Crippen molar-refractivity contribution >= 4 is 22.7 Å². The first-order chi connectivity index (χ1) is 9.85. The van der Waals surface area contributed by atoms with Gasteiger partial charge in [0.1, 0.15) is 11.3 Å². The highest BCUT2D eigenvalue weighted by atomic mass is 32.2. The number of hydrogen-bond donors (Lipinski definition) is 0. The van der Waals surface area contributed by atoms with Gasteiger partial charge in [0.2, 0.25) is 0 Å². The summed E-state index contributed by atoms with van der Waals surface area (Å²) in [5.74, 6) is 3.17. The summed E-state index contributed by atoms with van der Waals surface area (Å²) >= 11 is 1.89.